The summed E-state index contributed by atoms with van der Waals surface area (Å²) in [5, 5.41) is 12.2. The first kappa shape index (κ1) is 17.0. The molecule has 21 heavy (non-hydrogen) atoms. The Kier molecular flexibility index (Phi) is 5.34. The molecule has 0 radical (unpaired) electrons. The van der Waals surface area contributed by atoms with Gasteiger partial charge in [0.1, 0.15) is 6.04 Å². The first-order chi connectivity index (χ1) is 9.59. The molecular weight excluding hydrogens is 270 g/mol. The zero-order chi connectivity index (χ0) is 16.2. The molecule has 0 aliphatic heterocycles. The van der Waals surface area contributed by atoms with E-state index >= 15 is 0 Å². The van der Waals surface area contributed by atoms with Gasteiger partial charge in [-0.05, 0) is 41.5 Å². The van der Waals surface area contributed by atoms with Crippen LogP contribution in [-0.4, -0.2) is 33.8 Å². The van der Waals surface area contributed by atoms with Crippen LogP contribution in [0.15, 0.2) is 12.4 Å². The van der Waals surface area contributed by atoms with Gasteiger partial charge in [0.25, 0.3) is 0 Å². The SMILES string of the molecule is CC(C)NC(=O)NC(=O)[C@@H](C)Nc1cnn(C(C)(C)C)c1. The standard InChI is InChI=1S/C14H25N5O2/c1-9(2)16-13(21)18-12(20)10(3)17-11-7-15-19(8-11)14(4,5)6/h7-10,17H,1-6H3,(H2,16,18,20,21)/t10-/m1/s1. The summed E-state index contributed by atoms with van der Waals surface area (Å²) >= 11 is 0. The van der Waals surface area contributed by atoms with Crippen molar-refractivity contribution in [2.24, 2.45) is 0 Å². The number of carbonyl (C=O) groups is 2. The van der Waals surface area contributed by atoms with E-state index in [1.165, 1.54) is 0 Å². The van der Waals surface area contributed by atoms with Crippen LogP contribution in [0.1, 0.15) is 41.5 Å². The van der Waals surface area contributed by atoms with Crippen LogP contribution in [0.4, 0.5) is 10.5 Å². The molecule has 0 aliphatic rings. The Bertz CT molecular complexity index is 502. The molecule has 118 valence electrons. The molecule has 1 aromatic heterocycles. The molecule has 7 nitrogen and oxygen atoms in total. The van der Waals surface area contributed by atoms with E-state index in [9.17, 15) is 9.59 Å². The number of carbonyl (C=O) groups excluding carboxylic acids is 2. The van der Waals surface area contributed by atoms with Crippen molar-refractivity contribution in [2.45, 2.75) is 59.2 Å². The molecule has 0 unspecified atom stereocenters. The van der Waals surface area contributed by atoms with Crippen molar-refractivity contribution in [1.29, 1.82) is 0 Å². The van der Waals surface area contributed by atoms with Crippen LogP contribution in [0.3, 0.4) is 0 Å². The van der Waals surface area contributed by atoms with Crippen LogP contribution in [0.5, 0.6) is 0 Å². The normalized spacial score (nSPS) is 12.9. The van der Waals surface area contributed by atoms with E-state index < -0.39 is 18.0 Å². The van der Waals surface area contributed by atoms with E-state index in [0.717, 1.165) is 5.69 Å². The van der Waals surface area contributed by atoms with Crippen molar-refractivity contribution < 1.29 is 9.59 Å². The molecule has 1 atom stereocenters. The van der Waals surface area contributed by atoms with Crippen LogP contribution >= 0.6 is 0 Å². The lowest BCUT2D eigenvalue weighted by molar-refractivity contribution is -0.120. The summed E-state index contributed by atoms with van der Waals surface area (Å²) in [7, 11) is 0. The lowest BCUT2D eigenvalue weighted by atomic mass is 10.1. The van der Waals surface area contributed by atoms with Gasteiger partial charge in [-0.2, -0.15) is 5.10 Å². The second-order valence-corrected chi connectivity index (χ2v) is 6.33. The van der Waals surface area contributed by atoms with Gasteiger partial charge in [0.2, 0.25) is 5.91 Å². The van der Waals surface area contributed by atoms with Gasteiger partial charge in [-0.1, -0.05) is 0 Å². The summed E-state index contributed by atoms with van der Waals surface area (Å²) in [6.07, 6.45) is 3.49. The van der Waals surface area contributed by atoms with Crippen LogP contribution in [0.25, 0.3) is 0 Å². The van der Waals surface area contributed by atoms with Gasteiger partial charge in [-0.25, -0.2) is 4.79 Å². The second-order valence-electron chi connectivity index (χ2n) is 6.33. The molecule has 0 aliphatic carbocycles. The maximum absolute atomic E-state index is 11.9. The minimum Gasteiger partial charge on any atom is -0.371 e. The van der Waals surface area contributed by atoms with E-state index in [1.807, 2.05) is 45.5 Å². The van der Waals surface area contributed by atoms with Crippen molar-refractivity contribution >= 4 is 17.6 Å². The largest absolute Gasteiger partial charge is 0.371 e. The highest BCUT2D eigenvalue weighted by atomic mass is 16.2. The van der Waals surface area contributed by atoms with Gasteiger partial charge >= 0.3 is 6.03 Å². The van der Waals surface area contributed by atoms with E-state index in [2.05, 4.69) is 21.0 Å². The topological polar surface area (TPSA) is 88.1 Å². The van der Waals surface area contributed by atoms with E-state index in [-0.39, 0.29) is 11.6 Å². The second kappa shape index (κ2) is 6.60. The van der Waals surface area contributed by atoms with E-state index in [4.69, 9.17) is 0 Å². The van der Waals surface area contributed by atoms with E-state index in [0.29, 0.717) is 0 Å². The summed E-state index contributed by atoms with van der Waals surface area (Å²) < 4.78 is 1.81. The van der Waals surface area contributed by atoms with Crippen LogP contribution in [0.2, 0.25) is 0 Å². The minimum atomic E-state index is -0.541. The highest BCUT2D eigenvalue weighted by molar-refractivity contribution is 5.98. The Hall–Kier alpha value is -2.05. The number of hydrogen-bond donors (Lipinski definition) is 3. The minimum absolute atomic E-state index is 0.0221. The number of nitrogens with one attached hydrogen (secondary N) is 3. The quantitative estimate of drug-likeness (QED) is 0.788. The van der Waals surface area contributed by atoms with Crippen LogP contribution < -0.4 is 16.0 Å². The van der Waals surface area contributed by atoms with Gasteiger partial charge in [-0.3, -0.25) is 14.8 Å². The summed E-state index contributed by atoms with van der Waals surface area (Å²) in [6, 6.07) is -1.05. The van der Waals surface area contributed by atoms with Gasteiger partial charge in [0, 0.05) is 12.2 Å². The first-order valence-corrected chi connectivity index (χ1v) is 7.02. The molecule has 0 fully saturated rings. The monoisotopic (exact) mass is 295 g/mol. The molecule has 0 aromatic carbocycles. The molecule has 0 saturated carbocycles. The molecule has 0 bridgehead atoms. The summed E-state index contributed by atoms with van der Waals surface area (Å²) in [5.74, 6) is -0.392. The Morgan fingerprint density at radius 2 is 1.86 bits per heavy atom. The highest BCUT2D eigenvalue weighted by Gasteiger charge is 2.18. The van der Waals surface area contributed by atoms with E-state index in [1.54, 1.807) is 13.1 Å². The van der Waals surface area contributed by atoms with Crippen molar-refractivity contribution in [2.75, 3.05) is 5.32 Å². The third-order valence-electron chi connectivity index (χ3n) is 2.70. The smallest absolute Gasteiger partial charge is 0.321 e. The fraction of sp³-hybridized carbons (Fsp3) is 0.643. The van der Waals surface area contributed by atoms with Crippen molar-refractivity contribution in [3.63, 3.8) is 0 Å². The average Bonchev–Trinajstić information content (AvgIpc) is 2.75. The maximum Gasteiger partial charge on any atom is 0.321 e. The molecule has 0 saturated heterocycles. The number of amides is 3. The number of nitrogens with zero attached hydrogens (tertiary/aromatic N) is 2. The third-order valence-corrected chi connectivity index (χ3v) is 2.70. The molecule has 0 spiro atoms. The molecule has 3 amide bonds. The Labute approximate surface area is 125 Å². The maximum atomic E-state index is 11.9. The Balaban J connectivity index is 2.56. The van der Waals surface area contributed by atoms with Crippen LogP contribution in [-0.2, 0) is 10.3 Å². The summed E-state index contributed by atoms with van der Waals surface area (Å²) in [4.78, 5) is 23.4. The molecule has 1 rings (SSSR count). The summed E-state index contributed by atoms with van der Waals surface area (Å²) in [5.41, 5.74) is 0.611. The number of hydrogen-bond acceptors (Lipinski definition) is 4. The molecular formula is C14H25N5O2. The molecule has 3 N–H and O–H groups in total. The molecule has 1 aromatic rings. The van der Waals surface area contributed by atoms with Crippen molar-refractivity contribution in [1.82, 2.24) is 20.4 Å². The predicted octanol–water partition coefficient (Wildman–Crippen LogP) is 1.67. The zero-order valence-corrected chi connectivity index (χ0v) is 13.5. The van der Waals surface area contributed by atoms with Gasteiger partial charge in [0.05, 0.1) is 17.4 Å². The van der Waals surface area contributed by atoms with Gasteiger partial charge < -0.3 is 10.6 Å². The Morgan fingerprint density at radius 1 is 1.24 bits per heavy atom. The van der Waals surface area contributed by atoms with Gasteiger partial charge in [-0.15, -0.1) is 0 Å². The van der Waals surface area contributed by atoms with Crippen molar-refractivity contribution in [3.05, 3.63) is 12.4 Å². The number of urea groups is 1. The number of imide groups is 1. The fourth-order valence-electron chi connectivity index (χ4n) is 1.60. The average molecular weight is 295 g/mol. The first-order valence-electron chi connectivity index (χ1n) is 7.02. The summed E-state index contributed by atoms with van der Waals surface area (Å²) in [6.45, 7) is 11.5. The fourth-order valence-corrected chi connectivity index (χ4v) is 1.60. The lowest BCUT2D eigenvalue weighted by Gasteiger charge is -2.19. The van der Waals surface area contributed by atoms with Crippen molar-refractivity contribution in [3.8, 4) is 0 Å². The number of aromatic nitrogens is 2. The third kappa shape index (κ3) is 5.45. The Morgan fingerprint density at radius 3 is 2.33 bits per heavy atom. The van der Waals surface area contributed by atoms with Gasteiger partial charge in [0.15, 0.2) is 0 Å². The molecule has 1 heterocycles. The number of rotatable bonds is 4. The highest BCUT2D eigenvalue weighted by Crippen LogP contribution is 2.16. The zero-order valence-electron chi connectivity index (χ0n) is 13.5. The number of anilines is 1. The predicted molar refractivity (Wildman–Crippen MR) is 82.1 cm³/mol. The van der Waals surface area contributed by atoms with Crippen LogP contribution in [0, 0.1) is 0 Å². The molecule has 7 heteroatoms. The lowest BCUT2D eigenvalue weighted by Crippen LogP contribution is -2.47.